The van der Waals surface area contributed by atoms with Gasteiger partial charge in [0.25, 0.3) is 5.82 Å². The van der Waals surface area contributed by atoms with Crippen molar-refractivity contribution >= 4 is 16.6 Å². The fourth-order valence-corrected chi connectivity index (χ4v) is 2.47. The predicted molar refractivity (Wildman–Crippen MR) is 81.4 cm³/mol. The Kier molecular flexibility index (Phi) is 3.17. The smallest absolute Gasteiger partial charge is 0.437 e. The van der Waals surface area contributed by atoms with Crippen molar-refractivity contribution in [3.05, 3.63) is 41.3 Å². The minimum Gasteiger partial charge on any atom is -0.437 e. The lowest BCUT2D eigenvalue weighted by molar-refractivity contribution is -0.146. The summed E-state index contributed by atoms with van der Waals surface area (Å²) in [7, 11) is 0. The van der Waals surface area contributed by atoms with Gasteiger partial charge in [-0.25, -0.2) is 0 Å². The fraction of sp³-hybridized carbons (Fsp3) is 0.200. The Labute approximate surface area is 138 Å². The van der Waals surface area contributed by atoms with Gasteiger partial charge in [0.2, 0.25) is 5.88 Å². The van der Waals surface area contributed by atoms with Crippen LogP contribution in [0.2, 0.25) is 0 Å². The molecule has 10 heteroatoms. The number of fused-ring (bicyclic) bond motifs is 2. The Hall–Kier alpha value is -3.17. The summed E-state index contributed by atoms with van der Waals surface area (Å²) in [6.07, 6.45) is -3.01. The lowest BCUT2D eigenvalue weighted by Crippen LogP contribution is -2.13. The summed E-state index contributed by atoms with van der Waals surface area (Å²) < 4.78 is 45.6. The third kappa shape index (κ3) is 2.46. The van der Waals surface area contributed by atoms with Gasteiger partial charge in [0.1, 0.15) is 5.75 Å². The van der Waals surface area contributed by atoms with E-state index in [4.69, 9.17) is 4.74 Å². The van der Waals surface area contributed by atoms with Crippen molar-refractivity contribution in [1.29, 1.82) is 0 Å². The SMILES string of the molecule is Cc1c(Oc2ccc3cn[nH]c3c2)nn2c(C(F)(F)F)nnc2c1C. The maximum absolute atomic E-state index is 13.1. The monoisotopic (exact) mass is 348 g/mol. The zero-order chi connectivity index (χ0) is 17.8. The van der Waals surface area contributed by atoms with Crippen LogP contribution in [0.15, 0.2) is 24.4 Å². The number of nitrogens with one attached hydrogen (secondary N) is 1. The molecule has 0 spiro atoms. The van der Waals surface area contributed by atoms with Gasteiger partial charge in [-0.2, -0.15) is 22.8 Å². The quantitative estimate of drug-likeness (QED) is 0.600. The lowest BCUT2D eigenvalue weighted by atomic mass is 10.2. The van der Waals surface area contributed by atoms with Crippen LogP contribution >= 0.6 is 0 Å². The summed E-state index contributed by atoms with van der Waals surface area (Å²) in [5.74, 6) is -0.721. The minimum atomic E-state index is -4.67. The van der Waals surface area contributed by atoms with Gasteiger partial charge in [-0.3, -0.25) is 5.10 Å². The molecule has 128 valence electrons. The number of aryl methyl sites for hydroxylation is 1. The average molecular weight is 348 g/mol. The Morgan fingerprint density at radius 2 is 1.92 bits per heavy atom. The third-order valence-electron chi connectivity index (χ3n) is 3.93. The molecule has 4 aromatic rings. The van der Waals surface area contributed by atoms with E-state index in [0.29, 0.717) is 21.4 Å². The molecule has 1 N–H and O–H groups in total. The summed E-state index contributed by atoms with van der Waals surface area (Å²) >= 11 is 0. The Bertz CT molecular complexity index is 1100. The van der Waals surface area contributed by atoms with Gasteiger partial charge in [0.15, 0.2) is 5.65 Å². The first-order valence-corrected chi connectivity index (χ1v) is 7.25. The van der Waals surface area contributed by atoms with E-state index in [1.165, 1.54) is 0 Å². The van der Waals surface area contributed by atoms with E-state index < -0.39 is 12.0 Å². The highest BCUT2D eigenvalue weighted by Crippen LogP contribution is 2.32. The highest BCUT2D eigenvalue weighted by Gasteiger charge is 2.38. The second kappa shape index (κ2) is 5.16. The van der Waals surface area contributed by atoms with E-state index in [0.717, 1.165) is 10.9 Å². The molecule has 0 atom stereocenters. The number of nitrogens with zero attached hydrogens (tertiary/aromatic N) is 5. The largest absolute Gasteiger partial charge is 0.453 e. The molecule has 25 heavy (non-hydrogen) atoms. The number of ether oxygens (including phenoxy) is 1. The topological polar surface area (TPSA) is 81.0 Å². The highest BCUT2D eigenvalue weighted by atomic mass is 19.4. The van der Waals surface area contributed by atoms with Crippen LogP contribution in [-0.4, -0.2) is 30.0 Å². The van der Waals surface area contributed by atoms with Crippen molar-refractivity contribution in [1.82, 2.24) is 30.0 Å². The molecule has 7 nitrogen and oxygen atoms in total. The Balaban J connectivity index is 1.84. The van der Waals surface area contributed by atoms with E-state index in [1.807, 2.05) is 0 Å². The number of hydrogen-bond donors (Lipinski definition) is 1. The van der Waals surface area contributed by atoms with Crippen LogP contribution in [0, 0.1) is 13.8 Å². The van der Waals surface area contributed by atoms with Crippen molar-refractivity contribution in [2.45, 2.75) is 20.0 Å². The number of aromatic amines is 1. The molecule has 0 radical (unpaired) electrons. The van der Waals surface area contributed by atoms with Crippen LogP contribution < -0.4 is 4.74 Å². The number of benzene rings is 1. The van der Waals surface area contributed by atoms with Crippen LogP contribution in [0.3, 0.4) is 0 Å². The summed E-state index contributed by atoms with van der Waals surface area (Å²) in [5.41, 5.74) is 1.88. The number of aromatic nitrogens is 6. The molecule has 0 bridgehead atoms. The van der Waals surface area contributed by atoms with Crippen molar-refractivity contribution in [3.8, 4) is 11.6 Å². The maximum Gasteiger partial charge on any atom is 0.453 e. The van der Waals surface area contributed by atoms with Crippen LogP contribution in [-0.2, 0) is 6.18 Å². The van der Waals surface area contributed by atoms with E-state index >= 15 is 0 Å². The molecular weight excluding hydrogens is 337 g/mol. The Morgan fingerprint density at radius 1 is 1.12 bits per heavy atom. The van der Waals surface area contributed by atoms with Gasteiger partial charge in [0, 0.05) is 22.6 Å². The van der Waals surface area contributed by atoms with Crippen LogP contribution in [0.25, 0.3) is 16.6 Å². The maximum atomic E-state index is 13.1. The van der Waals surface area contributed by atoms with Gasteiger partial charge in [-0.15, -0.1) is 15.3 Å². The zero-order valence-electron chi connectivity index (χ0n) is 13.1. The Morgan fingerprint density at radius 3 is 2.68 bits per heavy atom. The van der Waals surface area contributed by atoms with Crippen LogP contribution in [0.1, 0.15) is 17.0 Å². The average Bonchev–Trinajstić information content (AvgIpc) is 3.17. The van der Waals surface area contributed by atoms with Gasteiger partial charge in [-0.1, -0.05) is 0 Å². The van der Waals surface area contributed by atoms with Crippen LogP contribution in [0.5, 0.6) is 11.6 Å². The summed E-state index contributed by atoms with van der Waals surface area (Å²) in [6.45, 7) is 3.35. The molecule has 0 amide bonds. The molecule has 0 aliphatic heterocycles. The van der Waals surface area contributed by atoms with Crippen molar-refractivity contribution < 1.29 is 17.9 Å². The molecule has 0 saturated carbocycles. The molecule has 4 rings (SSSR count). The molecule has 3 heterocycles. The zero-order valence-corrected chi connectivity index (χ0v) is 13.1. The van der Waals surface area contributed by atoms with E-state index in [2.05, 4.69) is 25.5 Å². The van der Waals surface area contributed by atoms with E-state index in [1.54, 1.807) is 38.2 Å². The van der Waals surface area contributed by atoms with Crippen LogP contribution in [0.4, 0.5) is 13.2 Å². The molecule has 1 aromatic carbocycles. The fourth-order valence-electron chi connectivity index (χ4n) is 2.47. The molecule has 0 aliphatic carbocycles. The van der Waals surface area contributed by atoms with Gasteiger partial charge in [-0.05, 0) is 26.0 Å². The second-order valence-corrected chi connectivity index (χ2v) is 5.53. The molecule has 0 aliphatic rings. The summed E-state index contributed by atoms with van der Waals surface area (Å²) in [6, 6.07) is 5.17. The lowest BCUT2D eigenvalue weighted by Gasteiger charge is -2.11. The van der Waals surface area contributed by atoms with Gasteiger partial charge in [0.05, 0.1) is 11.7 Å². The molecule has 0 fully saturated rings. The van der Waals surface area contributed by atoms with Gasteiger partial charge >= 0.3 is 6.18 Å². The predicted octanol–water partition coefficient (Wildman–Crippen LogP) is 3.43. The second-order valence-electron chi connectivity index (χ2n) is 5.53. The number of rotatable bonds is 2. The summed E-state index contributed by atoms with van der Waals surface area (Å²) in [5, 5.41) is 18.3. The molecular formula is C15H11F3N6O. The number of halogens is 3. The van der Waals surface area contributed by atoms with Gasteiger partial charge < -0.3 is 4.74 Å². The number of H-pyrrole nitrogens is 1. The number of alkyl halides is 3. The molecule has 0 unspecified atom stereocenters. The summed E-state index contributed by atoms with van der Waals surface area (Å²) in [4.78, 5) is 0. The first-order valence-electron chi connectivity index (χ1n) is 7.25. The van der Waals surface area contributed by atoms with E-state index in [9.17, 15) is 13.2 Å². The van der Waals surface area contributed by atoms with Crippen molar-refractivity contribution in [3.63, 3.8) is 0 Å². The molecule has 0 saturated heterocycles. The van der Waals surface area contributed by atoms with Crippen molar-refractivity contribution in [2.75, 3.05) is 0 Å². The standard InChI is InChI=1S/C15H11F3N6O/c1-7-8(2)13(23-24-12(7)21-22-14(24)15(16,17)18)25-10-4-3-9-6-19-20-11(9)5-10/h3-6H,1-2H3,(H,19,20). The first-order chi connectivity index (χ1) is 11.8. The third-order valence-corrected chi connectivity index (χ3v) is 3.93. The minimum absolute atomic E-state index is 0.0428. The first kappa shape index (κ1) is 15.4. The van der Waals surface area contributed by atoms with Crippen molar-refractivity contribution in [2.24, 2.45) is 0 Å². The van der Waals surface area contributed by atoms with E-state index in [-0.39, 0.29) is 11.5 Å². The molecule has 3 aromatic heterocycles. The highest BCUT2D eigenvalue weighted by molar-refractivity contribution is 5.79. The normalized spacial score (nSPS) is 12.2. The number of hydrogen-bond acceptors (Lipinski definition) is 5.